The summed E-state index contributed by atoms with van der Waals surface area (Å²) in [7, 11) is 0. The van der Waals surface area contributed by atoms with Gasteiger partial charge in [-0.3, -0.25) is 9.37 Å². The SMILES string of the molecule is Nc1nc(N)c2ncccc2n1.OCCCCCCF. The molecule has 20 heavy (non-hydrogen) atoms. The quantitative estimate of drug-likeness (QED) is 0.719. The van der Waals surface area contributed by atoms with Gasteiger partial charge < -0.3 is 16.6 Å². The Morgan fingerprint density at radius 2 is 1.85 bits per heavy atom. The Kier molecular flexibility index (Phi) is 7.20. The van der Waals surface area contributed by atoms with Crippen molar-refractivity contribution in [3.63, 3.8) is 0 Å². The van der Waals surface area contributed by atoms with Crippen LogP contribution in [-0.4, -0.2) is 33.3 Å². The maximum atomic E-state index is 11.4. The van der Waals surface area contributed by atoms with Crippen molar-refractivity contribution >= 4 is 22.8 Å². The van der Waals surface area contributed by atoms with Crippen molar-refractivity contribution in [3.05, 3.63) is 18.3 Å². The van der Waals surface area contributed by atoms with Crippen LogP contribution in [0, 0.1) is 0 Å². The van der Waals surface area contributed by atoms with E-state index in [1.165, 1.54) is 0 Å². The number of pyridine rings is 1. The van der Waals surface area contributed by atoms with Gasteiger partial charge in [0.05, 0.1) is 12.2 Å². The fraction of sp³-hybridized carbons (Fsp3) is 0.462. The van der Waals surface area contributed by atoms with Gasteiger partial charge >= 0.3 is 0 Å². The fourth-order valence-electron chi connectivity index (χ4n) is 1.57. The van der Waals surface area contributed by atoms with Gasteiger partial charge in [0.25, 0.3) is 0 Å². The normalized spacial score (nSPS) is 10.1. The molecular weight excluding hydrogens is 261 g/mol. The minimum Gasteiger partial charge on any atom is -0.396 e. The zero-order valence-corrected chi connectivity index (χ0v) is 11.3. The fourth-order valence-corrected chi connectivity index (χ4v) is 1.57. The number of nitrogens with two attached hydrogens (primary N) is 2. The van der Waals surface area contributed by atoms with E-state index in [9.17, 15) is 4.39 Å². The van der Waals surface area contributed by atoms with E-state index in [4.69, 9.17) is 16.6 Å². The molecule has 2 aromatic rings. The maximum Gasteiger partial charge on any atom is 0.222 e. The summed E-state index contributed by atoms with van der Waals surface area (Å²) in [6, 6.07) is 3.56. The molecule has 2 aromatic heterocycles. The van der Waals surface area contributed by atoms with E-state index in [1.54, 1.807) is 18.3 Å². The molecule has 0 unspecified atom stereocenters. The van der Waals surface area contributed by atoms with Crippen LogP contribution in [0.5, 0.6) is 0 Å². The van der Waals surface area contributed by atoms with Crippen LogP contribution in [0.25, 0.3) is 11.0 Å². The van der Waals surface area contributed by atoms with Gasteiger partial charge in [0.1, 0.15) is 5.52 Å². The molecule has 5 N–H and O–H groups in total. The van der Waals surface area contributed by atoms with Gasteiger partial charge in [0.15, 0.2) is 5.82 Å². The van der Waals surface area contributed by atoms with Crippen molar-refractivity contribution in [1.29, 1.82) is 0 Å². The molecule has 2 heterocycles. The summed E-state index contributed by atoms with van der Waals surface area (Å²) in [6.45, 7) is 0.0255. The zero-order chi connectivity index (χ0) is 14.8. The number of nitrogens with zero attached hydrogens (tertiary/aromatic N) is 3. The Bertz CT molecular complexity index is 517. The Hall–Kier alpha value is -2.02. The number of hydrogen-bond donors (Lipinski definition) is 3. The number of alkyl halides is 1. The van der Waals surface area contributed by atoms with Crippen LogP contribution in [0.15, 0.2) is 18.3 Å². The van der Waals surface area contributed by atoms with Gasteiger partial charge in [-0.1, -0.05) is 12.8 Å². The number of hydrogen-bond acceptors (Lipinski definition) is 6. The minimum atomic E-state index is -0.217. The molecule has 0 aliphatic heterocycles. The van der Waals surface area contributed by atoms with Gasteiger partial charge in [-0.15, -0.1) is 0 Å². The number of rotatable bonds is 5. The molecule has 7 heteroatoms. The molecule has 6 nitrogen and oxygen atoms in total. The Morgan fingerprint density at radius 3 is 2.55 bits per heavy atom. The molecule has 0 atom stereocenters. The van der Waals surface area contributed by atoms with E-state index in [-0.39, 0.29) is 19.2 Å². The van der Waals surface area contributed by atoms with E-state index in [1.807, 2.05) is 0 Å². The van der Waals surface area contributed by atoms with Crippen LogP contribution >= 0.6 is 0 Å². The Labute approximate surface area is 117 Å². The number of aliphatic hydroxyl groups is 1. The topological polar surface area (TPSA) is 111 Å². The highest BCUT2D eigenvalue weighted by molar-refractivity contribution is 5.84. The van der Waals surface area contributed by atoms with Crippen molar-refractivity contribution in [2.75, 3.05) is 24.7 Å². The lowest BCUT2D eigenvalue weighted by atomic mass is 10.2. The molecule has 0 bridgehead atoms. The molecule has 0 saturated carbocycles. The molecule has 0 radical (unpaired) electrons. The van der Waals surface area contributed by atoms with Gasteiger partial charge in [-0.05, 0) is 25.0 Å². The summed E-state index contributed by atoms with van der Waals surface area (Å²) < 4.78 is 11.4. The lowest BCUT2D eigenvalue weighted by Crippen LogP contribution is -2.01. The lowest BCUT2D eigenvalue weighted by molar-refractivity contribution is 0.281. The van der Waals surface area contributed by atoms with Gasteiger partial charge in [0.2, 0.25) is 5.95 Å². The molecule has 0 amide bonds. The third kappa shape index (κ3) is 5.31. The van der Waals surface area contributed by atoms with Crippen LogP contribution in [0.3, 0.4) is 0 Å². The summed E-state index contributed by atoms with van der Waals surface area (Å²) in [5.41, 5.74) is 12.2. The first-order valence-corrected chi connectivity index (χ1v) is 6.49. The molecule has 0 aliphatic rings. The highest BCUT2D eigenvalue weighted by atomic mass is 19.1. The van der Waals surface area contributed by atoms with Crippen LogP contribution < -0.4 is 11.5 Å². The standard InChI is InChI=1S/C7H7N5.C6H13FO/c8-6-5-4(2-1-3-10-5)11-7(9)12-6;7-5-3-1-2-4-6-8/h1-3H,(H4,8,9,11,12);8H,1-6H2. The second-order valence-corrected chi connectivity index (χ2v) is 4.16. The maximum absolute atomic E-state index is 11.4. The number of aliphatic hydroxyl groups excluding tert-OH is 1. The summed E-state index contributed by atoms with van der Waals surface area (Å²) >= 11 is 0. The van der Waals surface area contributed by atoms with Crippen molar-refractivity contribution in [3.8, 4) is 0 Å². The number of fused-ring (bicyclic) bond motifs is 1. The molecule has 0 fully saturated rings. The Morgan fingerprint density at radius 1 is 1.10 bits per heavy atom. The molecular formula is C13H20FN5O. The predicted molar refractivity (Wildman–Crippen MR) is 77.7 cm³/mol. The van der Waals surface area contributed by atoms with Gasteiger partial charge in [0, 0.05) is 12.8 Å². The minimum absolute atomic E-state index is 0.174. The first kappa shape index (κ1) is 16.0. The molecule has 110 valence electrons. The van der Waals surface area contributed by atoms with Crippen LogP contribution in [0.1, 0.15) is 25.7 Å². The highest BCUT2D eigenvalue weighted by Crippen LogP contribution is 2.14. The lowest BCUT2D eigenvalue weighted by Gasteiger charge is -1.99. The molecule has 0 aliphatic carbocycles. The van der Waals surface area contributed by atoms with Crippen LogP contribution in [-0.2, 0) is 0 Å². The monoisotopic (exact) mass is 281 g/mol. The van der Waals surface area contributed by atoms with Gasteiger partial charge in [-0.25, -0.2) is 4.98 Å². The number of aromatic nitrogens is 3. The molecule has 0 spiro atoms. The number of anilines is 2. The third-order valence-corrected chi connectivity index (χ3v) is 2.54. The third-order valence-electron chi connectivity index (χ3n) is 2.54. The largest absolute Gasteiger partial charge is 0.396 e. The zero-order valence-electron chi connectivity index (χ0n) is 11.3. The number of halogens is 1. The second-order valence-electron chi connectivity index (χ2n) is 4.16. The summed E-state index contributed by atoms with van der Waals surface area (Å²) in [6.07, 6.45) is 4.98. The first-order valence-electron chi connectivity index (χ1n) is 6.49. The van der Waals surface area contributed by atoms with E-state index in [0.29, 0.717) is 23.3 Å². The van der Waals surface area contributed by atoms with E-state index in [0.717, 1.165) is 19.3 Å². The van der Waals surface area contributed by atoms with Crippen molar-refractivity contribution in [1.82, 2.24) is 15.0 Å². The average molecular weight is 281 g/mol. The number of nitrogen functional groups attached to an aromatic ring is 2. The smallest absolute Gasteiger partial charge is 0.222 e. The van der Waals surface area contributed by atoms with Crippen molar-refractivity contribution < 1.29 is 9.50 Å². The van der Waals surface area contributed by atoms with E-state index in [2.05, 4.69) is 15.0 Å². The van der Waals surface area contributed by atoms with Gasteiger partial charge in [-0.2, -0.15) is 4.98 Å². The van der Waals surface area contributed by atoms with Crippen LogP contribution in [0.2, 0.25) is 0 Å². The molecule has 2 rings (SSSR count). The molecule has 0 saturated heterocycles. The van der Waals surface area contributed by atoms with E-state index < -0.39 is 0 Å². The first-order chi connectivity index (χ1) is 9.69. The summed E-state index contributed by atoms with van der Waals surface area (Å²) in [4.78, 5) is 11.8. The molecule has 0 aromatic carbocycles. The van der Waals surface area contributed by atoms with Crippen molar-refractivity contribution in [2.45, 2.75) is 25.7 Å². The second kappa shape index (κ2) is 8.98. The van der Waals surface area contributed by atoms with Crippen molar-refractivity contribution in [2.24, 2.45) is 0 Å². The van der Waals surface area contributed by atoms with E-state index >= 15 is 0 Å². The van der Waals surface area contributed by atoms with Crippen LogP contribution in [0.4, 0.5) is 16.2 Å². The Balaban J connectivity index is 0.000000221. The summed E-state index contributed by atoms with van der Waals surface area (Å²) in [5, 5.41) is 8.27. The predicted octanol–water partition coefficient (Wildman–Crippen LogP) is 1.70. The average Bonchev–Trinajstić information content (AvgIpc) is 2.44. The highest BCUT2D eigenvalue weighted by Gasteiger charge is 2.01. The summed E-state index contributed by atoms with van der Waals surface area (Å²) in [5.74, 6) is 0.492. The number of unbranched alkanes of at least 4 members (excludes halogenated alkanes) is 3.